The first-order valence-electron chi connectivity index (χ1n) is 4.43. The average Bonchev–Trinajstić information content (AvgIpc) is 2.41. The standard InChI is InChI=1S/C8H14F2N2O2/c1-11-3-7(14)12-5-8(9,10)2-6(12)4-13/h6,11,13H,2-5H2,1H3/t6-/m0/s1. The number of amides is 1. The van der Waals surface area contributed by atoms with Crippen LogP contribution in [0.15, 0.2) is 0 Å². The number of aliphatic hydroxyl groups excluding tert-OH is 1. The van der Waals surface area contributed by atoms with E-state index < -0.39 is 37.4 Å². The maximum atomic E-state index is 12.9. The Labute approximate surface area is 80.9 Å². The van der Waals surface area contributed by atoms with Crippen LogP contribution in [0.5, 0.6) is 0 Å². The van der Waals surface area contributed by atoms with E-state index in [9.17, 15) is 13.6 Å². The summed E-state index contributed by atoms with van der Waals surface area (Å²) < 4.78 is 25.8. The average molecular weight is 208 g/mol. The molecule has 1 heterocycles. The fourth-order valence-electron chi connectivity index (χ4n) is 1.61. The van der Waals surface area contributed by atoms with Crippen LogP contribution in [0.4, 0.5) is 8.78 Å². The van der Waals surface area contributed by atoms with Gasteiger partial charge in [0.1, 0.15) is 0 Å². The van der Waals surface area contributed by atoms with Crippen molar-refractivity contribution < 1.29 is 18.7 Å². The Kier molecular flexibility index (Phi) is 3.38. The molecule has 4 nitrogen and oxygen atoms in total. The van der Waals surface area contributed by atoms with Gasteiger partial charge in [0.05, 0.1) is 25.7 Å². The van der Waals surface area contributed by atoms with Gasteiger partial charge in [0.15, 0.2) is 0 Å². The summed E-state index contributed by atoms with van der Waals surface area (Å²) in [4.78, 5) is 12.4. The number of hydrogen-bond acceptors (Lipinski definition) is 3. The van der Waals surface area contributed by atoms with E-state index in [2.05, 4.69) is 5.32 Å². The number of alkyl halides is 2. The highest BCUT2D eigenvalue weighted by atomic mass is 19.3. The lowest BCUT2D eigenvalue weighted by Gasteiger charge is -2.21. The fourth-order valence-corrected chi connectivity index (χ4v) is 1.61. The summed E-state index contributed by atoms with van der Waals surface area (Å²) in [6.07, 6.45) is -0.445. The van der Waals surface area contributed by atoms with E-state index in [0.29, 0.717) is 0 Å². The van der Waals surface area contributed by atoms with E-state index in [1.54, 1.807) is 7.05 Å². The number of nitrogens with one attached hydrogen (secondary N) is 1. The van der Waals surface area contributed by atoms with E-state index in [-0.39, 0.29) is 6.54 Å². The molecule has 14 heavy (non-hydrogen) atoms. The number of likely N-dealkylation sites (N-methyl/N-ethyl adjacent to an activating group) is 1. The Balaban J connectivity index is 2.63. The molecule has 0 spiro atoms. The maximum Gasteiger partial charge on any atom is 0.267 e. The number of carbonyl (C=O) groups is 1. The van der Waals surface area contributed by atoms with Crippen LogP contribution in [0.25, 0.3) is 0 Å². The van der Waals surface area contributed by atoms with Crippen molar-refractivity contribution in [2.45, 2.75) is 18.4 Å². The zero-order valence-corrected chi connectivity index (χ0v) is 7.96. The Bertz CT molecular complexity index is 223. The Hall–Kier alpha value is -0.750. The molecule has 0 unspecified atom stereocenters. The van der Waals surface area contributed by atoms with Crippen molar-refractivity contribution in [1.82, 2.24) is 10.2 Å². The minimum Gasteiger partial charge on any atom is -0.394 e. The number of halogens is 2. The first-order chi connectivity index (χ1) is 6.50. The van der Waals surface area contributed by atoms with Crippen molar-refractivity contribution in [1.29, 1.82) is 0 Å². The molecule has 6 heteroatoms. The van der Waals surface area contributed by atoms with Crippen molar-refractivity contribution in [3.63, 3.8) is 0 Å². The van der Waals surface area contributed by atoms with Crippen LogP contribution in [-0.4, -0.2) is 54.6 Å². The minimum absolute atomic E-state index is 0.0204. The number of aliphatic hydroxyl groups is 1. The predicted octanol–water partition coefficient (Wildman–Crippen LogP) is -0.566. The third-order valence-corrected chi connectivity index (χ3v) is 2.24. The van der Waals surface area contributed by atoms with Crippen molar-refractivity contribution >= 4 is 5.91 Å². The second-order valence-corrected chi connectivity index (χ2v) is 3.45. The summed E-state index contributed by atoms with van der Waals surface area (Å²) in [5.74, 6) is -3.26. The van der Waals surface area contributed by atoms with Gasteiger partial charge in [-0.05, 0) is 7.05 Å². The van der Waals surface area contributed by atoms with E-state index in [4.69, 9.17) is 5.11 Å². The molecule has 82 valence electrons. The minimum atomic E-state index is -2.86. The van der Waals surface area contributed by atoms with E-state index in [0.717, 1.165) is 4.90 Å². The molecule has 1 amide bonds. The van der Waals surface area contributed by atoms with Gasteiger partial charge < -0.3 is 15.3 Å². The molecule has 0 aromatic carbocycles. The molecule has 1 rings (SSSR count). The lowest BCUT2D eigenvalue weighted by molar-refractivity contribution is -0.132. The first kappa shape index (κ1) is 11.3. The lowest BCUT2D eigenvalue weighted by Crippen LogP contribution is -2.42. The molecule has 2 N–H and O–H groups in total. The lowest BCUT2D eigenvalue weighted by atomic mass is 10.2. The van der Waals surface area contributed by atoms with E-state index in [1.807, 2.05) is 0 Å². The highest BCUT2D eigenvalue weighted by molar-refractivity contribution is 5.79. The number of hydrogen-bond donors (Lipinski definition) is 2. The monoisotopic (exact) mass is 208 g/mol. The smallest absolute Gasteiger partial charge is 0.267 e. The quantitative estimate of drug-likeness (QED) is 0.653. The predicted molar refractivity (Wildman–Crippen MR) is 46.1 cm³/mol. The molecule has 0 aliphatic carbocycles. The van der Waals surface area contributed by atoms with Gasteiger partial charge in [-0.3, -0.25) is 4.79 Å². The summed E-state index contributed by atoms with van der Waals surface area (Å²) in [5, 5.41) is 11.4. The summed E-state index contributed by atoms with van der Waals surface area (Å²) in [5.41, 5.74) is 0. The number of carbonyl (C=O) groups excluding carboxylic acids is 1. The van der Waals surface area contributed by atoms with Gasteiger partial charge in [0.2, 0.25) is 5.91 Å². The Morgan fingerprint density at radius 2 is 2.36 bits per heavy atom. The van der Waals surface area contributed by atoms with Crippen LogP contribution < -0.4 is 5.32 Å². The Morgan fingerprint density at radius 3 is 2.86 bits per heavy atom. The second kappa shape index (κ2) is 4.18. The van der Waals surface area contributed by atoms with Crippen molar-refractivity contribution in [3.8, 4) is 0 Å². The highest BCUT2D eigenvalue weighted by Crippen LogP contribution is 2.31. The van der Waals surface area contributed by atoms with Gasteiger partial charge in [-0.1, -0.05) is 0 Å². The molecular weight excluding hydrogens is 194 g/mol. The third kappa shape index (κ3) is 2.39. The van der Waals surface area contributed by atoms with Gasteiger partial charge in [-0.25, -0.2) is 8.78 Å². The zero-order chi connectivity index (χ0) is 10.8. The van der Waals surface area contributed by atoms with E-state index in [1.165, 1.54) is 0 Å². The second-order valence-electron chi connectivity index (χ2n) is 3.45. The summed E-state index contributed by atoms with van der Waals surface area (Å²) in [6.45, 7) is -0.976. The largest absolute Gasteiger partial charge is 0.394 e. The fraction of sp³-hybridized carbons (Fsp3) is 0.875. The van der Waals surface area contributed by atoms with Crippen molar-refractivity contribution in [3.05, 3.63) is 0 Å². The molecular formula is C8H14F2N2O2. The Morgan fingerprint density at radius 1 is 1.71 bits per heavy atom. The third-order valence-electron chi connectivity index (χ3n) is 2.24. The summed E-state index contributed by atoms with van der Waals surface area (Å²) >= 11 is 0. The van der Waals surface area contributed by atoms with Gasteiger partial charge in [-0.2, -0.15) is 0 Å². The van der Waals surface area contributed by atoms with Crippen LogP contribution in [0.3, 0.4) is 0 Å². The molecule has 0 aromatic rings. The summed E-state index contributed by atoms with van der Waals surface area (Å²) in [7, 11) is 1.57. The molecule has 1 fully saturated rings. The highest BCUT2D eigenvalue weighted by Gasteiger charge is 2.46. The van der Waals surface area contributed by atoms with Gasteiger partial charge in [0.25, 0.3) is 5.92 Å². The molecule has 1 aliphatic heterocycles. The number of rotatable bonds is 3. The first-order valence-corrected chi connectivity index (χ1v) is 4.43. The van der Waals surface area contributed by atoms with Crippen molar-refractivity contribution in [2.24, 2.45) is 0 Å². The van der Waals surface area contributed by atoms with Crippen LogP contribution in [0.1, 0.15) is 6.42 Å². The number of likely N-dealkylation sites (tertiary alicyclic amines) is 1. The molecule has 0 bridgehead atoms. The van der Waals surface area contributed by atoms with Crippen LogP contribution >= 0.6 is 0 Å². The molecule has 1 atom stereocenters. The number of nitrogens with zero attached hydrogens (tertiary/aromatic N) is 1. The van der Waals surface area contributed by atoms with Crippen LogP contribution in [0, 0.1) is 0 Å². The van der Waals surface area contributed by atoms with Gasteiger partial charge in [0, 0.05) is 6.42 Å². The normalized spacial score (nSPS) is 25.4. The molecule has 0 radical (unpaired) electrons. The molecule has 1 aliphatic rings. The molecule has 0 aromatic heterocycles. The molecule has 0 saturated carbocycles. The van der Waals surface area contributed by atoms with Crippen LogP contribution in [-0.2, 0) is 4.79 Å². The maximum absolute atomic E-state index is 12.9. The zero-order valence-electron chi connectivity index (χ0n) is 7.96. The van der Waals surface area contributed by atoms with Gasteiger partial charge >= 0.3 is 0 Å². The SMILES string of the molecule is CNCC(=O)N1CC(F)(F)C[C@H]1CO. The van der Waals surface area contributed by atoms with Crippen LogP contribution in [0.2, 0.25) is 0 Å². The van der Waals surface area contributed by atoms with E-state index >= 15 is 0 Å². The topological polar surface area (TPSA) is 52.6 Å². The van der Waals surface area contributed by atoms with Gasteiger partial charge in [-0.15, -0.1) is 0 Å². The van der Waals surface area contributed by atoms with Crippen molar-refractivity contribution in [2.75, 3.05) is 26.7 Å². The molecule has 1 saturated heterocycles. The summed E-state index contributed by atoms with van der Waals surface area (Å²) in [6, 6.07) is -0.745.